The van der Waals surface area contributed by atoms with Crippen LogP contribution in [0.4, 0.5) is 0 Å². The first-order valence-electron chi connectivity index (χ1n) is 6.26. The Kier molecular flexibility index (Phi) is 7.70. The first-order valence-corrected chi connectivity index (χ1v) is 7.06. The molecule has 1 aromatic carbocycles. The SMILES string of the molecule is COCCC(=O)NC[C@@H](CO)Cc1cccc(Br)c1. The van der Waals surface area contributed by atoms with Gasteiger partial charge in [0.2, 0.25) is 5.91 Å². The second-order valence-corrected chi connectivity index (χ2v) is 5.35. The Labute approximate surface area is 122 Å². The van der Waals surface area contributed by atoms with Crippen molar-refractivity contribution in [1.29, 1.82) is 0 Å². The quantitative estimate of drug-likeness (QED) is 0.764. The summed E-state index contributed by atoms with van der Waals surface area (Å²) in [4.78, 5) is 11.4. The normalized spacial score (nSPS) is 12.2. The summed E-state index contributed by atoms with van der Waals surface area (Å²) in [5.41, 5.74) is 1.14. The number of ether oxygens (including phenoxy) is 1. The molecule has 19 heavy (non-hydrogen) atoms. The first-order chi connectivity index (χ1) is 9.15. The number of benzene rings is 1. The molecule has 1 rings (SSSR count). The molecule has 5 heteroatoms. The minimum atomic E-state index is -0.0467. The maximum atomic E-state index is 11.4. The van der Waals surface area contributed by atoms with Crippen molar-refractivity contribution in [3.8, 4) is 0 Å². The molecule has 0 aliphatic rings. The molecule has 0 spiro atoms. The number of aliphatic hydroxyl groups excluding tert-OH is 1. The van der Waals surface area contributed by atoms with Gasteiger partial charge in [0.1, 0.15) is 0 Å². The van der Waals surface area contributed by atoms with Crippen molar-refractivity contribution in [1.82, 2.24) is 5.32 Å². The molecule has 4 nitrogen and oxygen atoms in total. The topological polar surface area (TPSA) is 58.6 Å². The fourth-order valence-corrected chi connectivity index (χ4v) is 2.19. The lowest BCUT2D eigenvalue weighted by Gasteiger charge is -2.15. The van der Waals surface area contributed by atoms with E-state index < -0.39 is 0 Å². The van der Waals surface area contributed by atoms with Crippen molar-refractivity contribution < 1.29 is 14.6 Å². The van der Waals surface area contributed by atoms with E-state index in [9.17, 15) is 9.90 Å². The number of nitrogens with one attached hydrogen (secondary N) is 1. The maximum absolute atomic E-state index is 11.4. The van der Waals surface area contributed by atoms with E-state index in [1.807, 2.05) is 24.3 Å². The molecule has 1 atom stereocenters. The third-order valence-corrected chi connectivity index (χ3v) is 3.29. The third kappa shape index (κ3) is 6.71. The van der Waals surface area contributed by atoms with Gasteiger partial charge < -0.3 is 15.2 Å². The van der Waals surface area contributed by atoms with Gasteiger partial charge in [-0.15, -0.1) is 0 Å². The van der Waals surface area contributed by atoms with Gasteiger partial charge in [-0.2, -0.15) is 0 Å². The van der Waals surface area contributed by atoms with Crippen molar-refractivity contribution in [3.63, 3.8) is 0 Å². The van der Waals surface area contributed by atoms with Gasteiger partial charge in [-0.25, -0.2) is 0 Å². The number of rotatable bonds is 8. The summed E-state index contributed by atoms with van der Waals surface area (Å²) in [5, 5.41) is 12.2. The first kappa shape index (κ1) is 16.1. The number of hydrogen-bond acceptors (Lipinski definition) is 3. The van der Waals surface area contributed by atoms with Gasteiger partial charge in [0.05, 0.1) is 6.61 Å². The van der Waals surface area contributed by atoms with E-state index in [4.69, 9.17) is 4.74 Å². The summed E-state index contributed by atoms with van der Waals surface area (Å²) in [6.07, 6.45) is 1.09. The number of methoxy groups -OCH3 is 1. The molecule has 0 unspecified atom stereocenters. The highest BCUT2D eigenvalue weighted by Crippen LogP contribution is 2.14. The Morgan fingerprint density at radius 3 is 2.95 bits per heavy atom. The van der Waals surface area contributed by atoms with E-state index in [2.05, 4.69) is 21.2 Å². The number of aliphatic hydroxyl groups is 1. The van der Waals surface area contributed by atoms with E-state index in [1.165, 1.54) is 0 Å². The molecule has 106 valence electrons. The third-order valence-electron chi connectivity index (χ3n) is 2.79. The molecule has 0 aromatic heterocycles. The molecule has 0 heterocycles. The number of hydrogen-bond donors (Lipinski definition) is 2. The lowest BCUT2D eigenvalue weighted by atomic mass is 10.00. The Morgan fingerprint density at radius 1 is 1.53 bits per heavy atom. The fourth-order valence-electron chi connectivity index (χ4n) is 1.74. The van der Waals surface area contributed by atoms with Gasteiger partial charge in [0.25, 0.3) is 0 Å². The molecule has 0 saturated carbocycles. The van der Waals surface area contributed by atoms with Crippen LogP contribution in [-0.2, 0) is 16.0 Å². The van der Waals surface area contributed by atoms with E-state index in [-0.39, 0.29) is 18.4 Å². The molecular weight excluding hydrogens is 310 g/mol. The second kappa shape index (κ2) is 9.07. The molecule has 0 fully saturated rings. The number of carbonyl (C=O) groups excluding carboxylic acids is 1. The van der Waals surface area contributed by atoms with Gasteiger partial charge in [0.15, 0.2) is 0 Å². The van der Waals surface area contributed by atoms with Crippen molar-refractivity contribution in [2.24, 2.45) is 5.92 Å². The number of amides is 1. The maximum Gasteiger partial charge on any atom is 0.222 e. The van der Waals surface area contributed by atoms with Crippen LogP contribution in [0.2, 0.25) is 0 Å². The Morgan fingerprint density at radius 2 is 2.32 bits per heavy atom. The van der Waals surface area contributed by atoms with Crippen LogP contribution in [-0.4, -0.2) is 37.9 Å². The average molecular weight is 330 g/mol. The number of halogens is 1. The highest BCUT2D eigenvalue weighted by Gasteiger charge is 2.10. The van der Waals surface area contributed by atoms with Gasteiger partial charge >= 0.3 is 0 Å². The minimum absolute atomic E-state index is 0.0285. The summed E-state index contributed by atoms with van der Waals surface area (Å²) < 4.78 is 5.86. The zero-order valence-electron chi connectivity index (χ0n) is 11.1. The van der Waals surface area contributed by atoms with Crippen LogP contribution in [0.25, 0.3) is 0 Å². The van der Waals surface area contributed by atoms with Crippen molar-refractivity contribution in [2.45, 2.75) is 12.8 Å². The predicted molar refractivity (Wildman–Crippen MR) is 77.9 cm³/mol. The van der Waals surface area contributed by atoms with Gasteiger partial charge in [-0.05, 0) is 24.1 Å². The molecule has 1 aromatic rings. The second-order valence-electron chi connectivity index (χ2n) is 4.43. The van der Waals surface area contributed by atoms with E-state index in [1.54, 1.807) is 7.11 Å². The highest BCUT2D eigenvalue weighted by molar-refractivity contribution is 9.10. The average Bonchev–Trinajstić information content (AvgIpc) is 2.41. The zero-order valence-corrected chi connectivity index (χ0v) is 12.6. The minimum Gasteiger partial charge on any atom is -0.396 e. The summed E-state index contributed by atoms with van der Waals surface area (Å²) in [7, 11) is 1.57. The molecule has 1 amide bonds. The largest absolute Gasteiger partial charge is 0.396 e. The van der Waals surface area contributed by atoms with Crippen molar-refractivity contribution >= 4 is 21.8 Å². The monoisotopic (exact) mass is 329 g/mol. The highest BCUT2D eigenvalue weighted by atomic mass is 79.9. The van der Waals surface area contributed by atoms with E-state index in [0.29, 0.717) is 19.6 Å². The van der Waals surface area contributed by atoms with Crippen LogP contribution in [0.3, 0.4) is 0 Å². The fraction of sp³-hybridized carbons (Fsp3) is 0.500. The zero-order chi connectivity index (χ0) is 14.1. The Bertz CT molecular complexity index is 398. The van der Waals surface area contributed by atoms with E-state index in [0.717, 1.165) is 16.5 Å². The molecule has 0 bridgehead atoms. The number of carbonyl (C=O) groups is 1. The molecule has 0 radical (unpaired) electrons. The lowest BCUT2D eigenvalue weighted by molar-refractivity contribution is -0.122. The summed E-state index contributed by atoms with van der Waals surface area (Å²) in [6.45, 7) is 0.948. The smallest absolute Gasteiger partial charge is 0.222 e. The molecule has 0 aliphatic carbocycles. The van der Waals surface area contributed by atoms with Gasteiger partial charge in [-0.3, -0.25) is 4.79 Å². The van der Waals surface area contributed by atoms with Gasteiger partial charge in [0, 0.05) is 37.1 Å². The summed E-state index contributed by atoms with van der Waals surface area (Å²) in [6, 6.07) is 7.96. The van der Waals surface area contributed by atoms with Crippen molar-refractivity contribution in [2.75, 3.05) is 26.9 Å². The lowest BCUT2D eigenvalue weighted by Crippen LogP contribution is -2.32. The predicted octanol–water partition coefficient (Wildman–Crippen LogP) is 1.75. The van der Waals surface area contributed by atoms with Crippen LogP contribution < -0.4 is 5.32 Å². The molecular formula is C14H20BrNO3. The standard InChI is InChI=1S/C14H20BrNO3/c1-19-6-5-14(18)16-9-12(10-17)7-11-3-2-4-13(15)8-11/h2-4,8,12,17H,5-7,9-10H2,1H3,(H,16,18)/t12-/m0/s1. The van der Waals surface area contributed by atoms with E-state index >= 15 is 0 Å². The molecule has 2 N–H and O–H groups in total. The molecule has 0 saturated heterocycles. The summed E-state index contributed by atoms with van der Waals surface area (Å²) in [5.74, 6) is -0.0182. The van der Waals surface area contributed by atoms with Gasteiger partial charge in [-0.1, -0.05) is 28.1 Å². The Hall–Kier alpha value is -0.910. The van der Waals surface area contributed by atoms with Crippen LogP contribution >= 0.6 is 15.9 Å². The van der Waals surface area contributed by atoms with Crippen LogP contribution in [0.15, 0.2) is 28.7 Å². The van der Waals surface area contributed by atoms with Crippen LogP contribution in [0.1, 0.15) is 12.0 Å². The van der Waals surface area contributed by atoms with Crippen LogP contribution in [0.5, 0.6) is 0 Å². The van der Waals surface area contributed by atoms with Crippen molar-refractivity contribution in [3.05, 3.63) is 34.3 Å². The van der Waals surface area contributed by atoms with Crippen LogP contribution in [0, 0.1) is 5.92 Å². The Balaban J connectivity index is 2.39. The molecule has 0 aliphatic heterocycles. The summed E-state index contributed by atoms with van der Waals surface area (Å²) >= 11 is 3.42.